The molecule has 0 heterocycles. The minimum Gasteiger partial charge on any atom is -0.438 e. The Kier molecular flexibility index (Phi) is 7.12. The quantitative estimate of drug-likeness (QED) is 0.363. The molecule has 1 rings (SSSR count). The second-order valence-corrected chi connectivity index (χ2v) is 9.74. The average molecular weight is 327 g/mol. The maximum atomic E-state index is 12.7. The summed E-state index contributed by atoms with van der Waals surface area (Å²) in [6.45, 7) is 15.7. The van der Waals surface area contributed by atoms with E-state index in [-0.39, 0.29) is 23.6 Å². The predicted molar refractivity (Wildman–Crippen MR) is 95.1 cm³/mol. The highest BCUT2D eigenvalue weighted by molar-refractivity contribution is 5.77. The van der Waals surface area contributed by atoms with Crippen LogP contribution in [0.25, 0.3) is 0 Å². The molecule has 1 aliphatic rings. The first-order valence-corrected chi connectivity index (χ1v) is 9.21. The lowest BCUT2D eigenvalue weighted by Crippen LogP contribution is -2.44. The Balaban J connectivity index is 2.50. The van der Waals surface area contributed by atoms with Crippen molar-refractivity contribution in [1.82, 2.24) is 0 Å². The van der Waals surface area contributed by atoms with Gasteiger partial charge < -0.3 is 9.47 Å². The van der Waals surface area contributed by atoms with Crippen molar-refractivity contribution in [3.63, 3.8) is 0 Å². The maximum absolute atomic E-state index is 12.7. The van der Waals surface area contributed by atoms with E-state index in [9.17, 15) is 4.79 Å². The van der Waals surface area contributed by atoms with E-state index in [1.165, 1.54) is 32.1 Å². The van der Waals surface area contributed by atoms with Gasteiger partial charge in [0.15, 0.2) is 6.79 Å². The van der Waals surface area contributed by atoms with Gasteiger partial charge in [-0.15, -0.1) is 0 Å². The zero-order chi connectivity index (χ0) is 17.7. The average Bonchev–Trinajstić information content (AvgIpc) is 2.41. The fourth-order valence-electron chi connectivity index (χ4n) is 3.53. The summed E-state index contributed by atoms with van der Waals surface area (Å²) >= 11 is 0. The Bertz CT molecular complexity index is 369. The first kappa shape index (κ1) is 20.5. The summed E-state index contributed by atoms with van der Waals surface area (Å²) in [4.78, 5) is 12.7. The smallest absolute Gasteiger partial charge is 0.314 e. The molecule has 1 unspecified atom stereocenters. The van der Waals surface area contributed by atoms with Crippen LogP contribution >= 0.6 is 0 Å². The molecular weight excluding hydrogens is 288 g/mol. The number of carbonyl (C=O) groups is 1. The number of rotatable bonds is 6. The van der Waals surface area contributed by atoms with E-state index in [2.05, 4.69) is 41.5 Å². The molecule has 0 aliphatic heterocycles. The van der Waals surface area contributed by atoms with Crippen molar-refractivity contribution in [3.8, 4) is 0 Å². The number of esters is 1. The fraction of sp³-hybridized carbons (Fsp3) is 0.950. The van der Waals surface area contributed by atoms with E-state index < -0.39 is 5.41 Å². The monoisotopic (exact) mass is 326 g/mol. The van der Waals surface area contributed by atoms with Crippen molar-refractivity contribution in [3.05, 3.63) is 0 Å². The molecule has 1 atom stereocenters. The third-order valence-corrected chi connectivity index (χ3v) is 5.34. The second kappa shape index (κ2) is 8.00. The van der Waals surface area contributed by atoms with Crippen molar-refractivity contribution in [1.29, 1.82) is 0 Å². The van der Waals surface area contributed by atoms with Gasteiger partial charge in [-0.1, -0.05) is 60.8 Å². The second-order valence-electron chi connectivity index (χ2n) is 9.74. The molecule has 0 N–H and O–H groups in total. The van der Waals surface area contributed by atoms with Gasteiger partial charge in [0.1, 0.15) is 0 Å². The van der Waals surface area contributed by atoms with Crippen LogP contribution in [0.2, 0.25) is 0 Å². The fourth-order valence-corrected chi connectivity index (χ4v) is 3.53. The van der Waals surface area contributed by atoms with Gasteiger partial charge in [0.05, 0.1) is 12.0 Å². The third-order valence-electron chi connectivity index (χ3n) is 5.34. The first-order chi connectivity index (χ1) is 10.5. The number of ether oxygens (including phenoxy) is 2. The van der Waals surface area contributed by atoms with Gasteiger partial charge in [0.25, 0.3) is 0 Å². The van der Waals surface area contributed by atoms with Gasteiger partial charge in [-0.2, -0.15) is 0 Å². The molecule has 1 fully saturated rings. The topological polar surface area (TPSA) is 35.5 Å². The molecule has 3 nitrogen and oxygen atoms in total. The molecule has 3 heteroatoms. The van der Waals surface area contributed by atoms with E-state index in [1.54, 1.807) is 0 Å². The molecule has 1 aliphatic carbocycles. The molecule has 1 saturated carbocycles. The van der Waals surface area contributed by atoms with E-state index in [0.29, 0.717) is 5.92 Å². The lowest BCUT2D eigenvalue weighted by Gasteiger charge is -2.43. The predicted octanol–water partition coefficient (Wildman–Crippen LogP) is 5.57. The van der Waals surface area contributed by atoms with Crippen LogP contribution in [0.4, 0.5) is 0 Å². The van der Waals surface area contributed by atoms with Crippen molar-refractivity contribution in [2.75, 3.05) is 13.4 Å². The van der Waals surface area contributed by atoms with Gasteiger partial charge in [0, 0.05) is 0 Å². The molecule has 0 aromatic heterocycles. The van der Waals surface area contributed by atoms with Gasteiger partial charge in [0.2, 0.25) is 0 Å². The normalized spacial score (nSPS) is 20.1. The van der Waals surface area contributed by atoms with E-state index in [1.807, 2.05) is 6.92 Å². The lowest BCUT2D eigenvalue weighted by molar-refractivity contribution is -0.178. The highest BCUT2D eigenvalue weighted by atomic mass is 16.7. The van der Waals surface area contributed by atoms with Crippen LogP contribution in [0.3, 0.4) is 0 Å². The van der Waals surface area contributed by atoms with Gasteiger partial charge in [-0.25, -0.2) is 0 Å². The molecule has 0 spiro atoms. The standard InChI is InChI=1S/C20H38O3/c1-18(2,3)14-20(7,19(4,5)6)17(21)23-15-22-13-16-11-9-8-10-12-16/h16H,8-15H2,1-7H3. The van der Waals surface area contributed by atoms with Crippen LogP contribution in [0.1, 0.15) is 87.0 Å². The molecule has 0 amide bonds. The third kappa shape index (κ3) is 6.45. The molecule has 0 bridgehead atoms. The lowest BCUT2D eigenvalue weighted by atomic mass is 9.61. The zero-order valence-electron chi connectivity index (χ0n) is 16.5. The molecule has 136 valence electrons. The van der Waals surface area contributed by atoms with Crippen LogP contribution in [0.15, 0.2) is 0 Å². The van der Waals surface area contributed by atoms with Crippen LogP contribution in [0.5, 0.6) is 0 Å². The molecule has 0 saturated heterocycles. The molecule has 0 aromatic rings. The van der Waals surface area contributed by atoms with Gasteiger partial charge in [-0.05, 0) is 42.9 Å². The van der Waals surface area contributed by atoms with Crippen molar-refractivity contribution in [2.45, 2.75) is 87.0 Å². The van der Waals surface area contributed by atoms with Gasteiger partial charge >= 0.3 is 5.97 Å². The summed E-state index contributed by atoms with van der Waals surface area (Å²) < 4.78 is 11.1. The summed E-state index contributed by atoms with van der Waals surface area (Å²) in [7, 11) is 0. The van der Waals surface area contributed by atoms with E-state index in [4.69, 9.17) is 9.47 Å². The Morgan fingerprint density at radius 1 is 0.957 bits per heavy atom. The minimum absolute atomic E-state index is 0.0734. The Morgan fingerprint density at radius 2 is 1.52 bits per heavy atom. The highest BCUT2D eigenvalue weighted by Crippen LogP contribution is 2.47. The molecule has 0 radical (unpaired) electrons. The SMILES string of the molecule is CC(C)(C)CC(C)(C(=O)OCOCC1CCCCC1)C(C)(C)C. The highest BCUT2D eigenvalue weighted by Gasteiger charge is 2.47. The van der Waals surface area contributed by atoms with E-state index in [0.717, 1.165) is 13.0 Å². The Hall–Kier alpha value is -0.570. The Labute approximate surface area is 143 Å². The van der Waals surface area contributed by atoms with E-state index >= 15 is 0 Å². The van der Waals surface area contributed by atoms with Crippen LogP contribution in [-0.2, 0) is 14.3 Å². The number of hydrogen-bond acceptors (Lipinski definition) is 3. The summed E-state index contributed by atoms with van der Waals surface area (Å²) in [6, 6.07) is 0. The maximum Gasteiger partial charge on any atom is 0.314 e. The van der Waals surface area contributed by atoms with Crippen molar-refractivity contribution >= 4 is 5.97 Å². The number of hydrogen-bond donors (Lipinski definition) is 0. The molecule has 0 aromatic carbocycles. The minimum atomic E-state index is -0.514. The number of carbonyl (C=O) groups excluding carboxylic acids is 1. The summed E-state index contributed by atoms with van der Waals surface area (Å²) in [6.07, 6.45) is 7.26. The summed E-state index contributed by atoms with van der Waals surface area (Å²) in [5.74, 6) is 0.509. The first-order valence-electron chi connectivity index (χ1n) is 9.21. The zero-order valence-corrected chi connectivity index (χ0v) is 16.5. The largest absolute Gasteiger partial charge is 0.438 e. The van der Waals surface area contributed by atoms with Crippen LogP contribution < -0.4 is 0 Å². The summed E-state index contributed by atoms with van der Waals surface area (Å²) in [5.41, 5.74) is -0.593. The van der Waals surface area contributed by atoms with Crippen molar-refractivity contribution < 1.29 is 14.3 Å². The summed E-state index contributed by atoms with van der Waals surface area (Å²) in [5, 5.41) is 0. The van der Waals surface area contributed by atoms with Crippen LogP contribution in [0, 0.1) is 22.2 Å². The Morgan fingerprint density at radius 3 is 2.00 bits per heavy atom. The van der Waals surface area contributed by atoms with Gasteiger partial charge in [-0.3, -0.25) is 4.79 Å². The molecule has 23 heavy (non-hydrogen) atoms. The van der Waals surface area contributed by atoms with Crippen molar-refractivity contribution in [2.24, 2.45) is 22.2 Å². The van der Waals surface area contributed by atoms with Crippen LogP contribution in [-0.4, -0.2) is 19.4 Å². The molecular formula is C20H38O3.